The van der Waals surface area contributed by atoms with E-state index in [1.54, 1.807) is 0 Å². The molecule has 110 valence electrons. The van der Waals surface area contributed by atoms with Crippen molar-refractivity contribution < 1.29 is 5.11 Å². The van der Waals surface area contributed by atoms with Crippen LogP contribution < -0.4 is 0 Å². The fraction of sp³-hybridized carbons (Fsp3) is 0.667. The number of para-hydroxylation sites is 1. The van der Waals surface area contributed by atoms with Gasteiger partial charge in [-0.15, -0.1) is 0 Å². The van der Waals surface area contributed by atoms with E-state index in [0.29, 0.717) is 11.8 Å². The molecular weight excluding hydrogens is 246 g/mol. The Morgan fingerprint density at radius 1 is 1.15 bits per heavy atom. The Hall–Kier alpha value is -1.02. The van der Waals surface area contributed by atoms with Crippen molar-refractivity contribution in [2.24, 2.45) is 5.92 Å². The number of phenolic OH excluding ortho intramolecular Hbond substituents is 1. The molecule has 1 saturated heterocycles. The van der Waals surface area contributed by atoms with Crippen molar-refractivity contribution in [3.8, 4) is 5.75 Å². The number of hydrogen-bond acceptors (Lipinski definition) is 2. The van der Waals surface area contributed by atoms with Crippen LogP contribution in [-0.2, 0) is 0 Å². The summed E-state index contributed by atoms with van der Waals surface area (Å²) in [4.78, 5) is 2.70. The fourth-order valence-corrected chi connectivity index (χ4v) is 4.45. The lowest BCUT2D eigenvalue weighted by Gasteiger charge is -2.36. The Morgan fingerprint density at radius 3 is 2.60 bits per heavy atom. The van der Waals surface area contributed by atoms with E-state index in [1.807, 2.05) is 12.1 Å². The maximum atomic E-state index is 10.2. The van der Waals surface area contributed by atoms with Crippen LogP contribution in [0.2, 0.25) is 0 Å². The number of rotatable bonds is 4. The molecule has 1 heterocycles. The minimum Gasteiger partial charge on any atom is -0.508 e. The maximum Gasteiger partial charge on any atom is 0.120 e. The summed E-state index contributed by atoms with van der Waals surface area (Å²) in [5.41, 5.74) is 1.12. The van der Waals surface area contributed by atoms with Gasteiger partial charge in [0, 0.05) is 17.6 Å². The van der Waals surface area contributed by atoms with Crippen molar-refractivity contribution in [2.45, 2.75) is 64.0 Å². The van der Waals surface area contributed by atoms with E-state index in [-0.39, 0.29) is 0 Å². The van der Waals surface area contributed by atoms with E-state index in [9.17, 15) is 5.11 Å². The summed E-state index contributed by atoms with van der Waals surface area (Å²) >= 11 is 0. The summed E-state index contributed by atoms with van der Waals surface area (Å²) in [6, 6.07) is 9.06. The smallest absolute Gasteiger partial charge is 0.120 e. The summed E-state index contributed by atoms with van der Waals surface area (Å²) in [6.07, 6.45) is 9.43. The first kappa shape index (κ1) is 13.9. The average molecular weight is 273 g/mol. The highest BCUT2D eigenvalue weighted by Crippen LogP contribution is 2.41. The molecule has 0 amide bonds. The number of likely N-dealkylation sites (tertiary alicyclic amines) is 1. The highest BCUT2D eigenvalue weighted by Gasteiger charge is 2.37. The molecule has 2 aliphatic rings. The predicted octanol–water partition coefficient (Wildman–Crippen LogP) is 4.50. The monoisotopic (exact) mass is 273 g/mol. The second kappa shape index (κ2) is 6.17. The van der Waals surface area contributed by atoms with Gasteiger partial charge in [0.25, 0.3) is 0 Å². The first-order chi connectivity index (χ1) is 9.81. The summed E-state index contributed by atoms with van der Waals surface area (Å²) in [5, 5.41) is 10.2. The van der Waals surface area contributed by atoms with Gasteiger partial charge in [0.1, 0.15) is 5.75 Å². The van der Waals surface area contributed by atoms with E-state index in [0.717, 1.165) is 23.9 Å². The maximum absolute atomic E-state index is 10.2. The van der Waals surface area contributed by atoms with Crippen LogP contribution in [-0.4, -0.2) is 22.6 Å². The van der Waals surface area contributed by atoms with Gasteiger partial charge in [-0.25, -0.2) is 0 Å². The normalized spacial score (nSPS) is 26.1. The number of hydrogen-bond donors (Lipinski definition) is 1. The van der Waals surface area contributed by atoms with Crippen LogP contribution in [0.4, 0.5) is 0 Å². The summed E-state index contributed by atoms with van der Waals surface area (Å²) in [6.45, 7) is 3.45. The Balaban J connectivity index is 1.82. The topological polar surface area (TPSA) is 23.5 Å². The van der Waals surface area contributed by atoms with Gasteiger partial charge in [0.15, 0.2) is 0 Å². The zero-order valence-electron chi connectivity index (χ0n) is 12.6. The lowest BCUT2D eigenvalue weighted by Crippen LogP contribution is -2.37. The predicted molar refractivity (Wildman–Crippen MR) is 82.8 cm³/mol. The van der Waals surface area contributed by atoms with E-state index in [2.05, 4.69) is 24.0 Å². The average Bonchev–Trinajstić information content (AvgIpc) is 3.11. The summed E-state index contributed by atoms with van der Waals surface area (Å²) in [7, 11) is 0. The molecule has 2 atom stereocenters. The standard InChI is InChI=1S/C18H27NO/c1-2-16(15-10-5-6-12-18(15)20)19-13-7-11-17(19)14-8-3-4-9-14/h5-6,10,12,14,16-17,20H,2-4,7-9,11,13H2,1H3. The van der Waals surface area contributed by atoms with Gasteiger partial charge in [-0.2, -0.15) is 0 Å². The molecule has 0 spiro atoms. The zero-order valence-corrected chi connectivity index (χ0v) is 12.6. The third-order valence-electron chi connectivity index (χ3n) is 5.37. The second-order valence-electron chi connectivity index (χ2n) is 6.47. The first-order valence-corrected chi connectivity index (χ1v) is 8.35. The number of benzene rings is 1. The molecule has 1 N–H and O–H groups in total. The molecule has 2 nitrogen and oxygen atoms in total. The van der Waals surface area contributed by atoms with Crippen LogP contribution in [0.3, 0.4) is 0 Å². The zero-order chi connectivity index (χ0) is 13.9. The molecule has 2 heteroatoms. The number of phenols is 1. The number of nitrogens with zero attached hydrogens (tertiary/aromatic N) is 1. The summed E-state index contributed by atoms with van der Waals surface area (Å²) < 4.78 is 0. The molecule has 1 saturated carbocycles. The molecule has 20 heavy (non-hydrogen) atoms. The summed E-state index contributed by atoms with van der Waals surface area (Å²) in [5.74, 6) is 1.37. The number of aromatic hydroxyl groups is 1. The SMILES string of the molecule is CCC(c1ccccc1O)N1CCCC1C1CCCC1. The lowest BCUT2D eigenvalue weighted by molar-refractivity contribution is 0.129. The van der Waals surface area contributed by atoms with Gasteiger partial charge >= 0.3 is 0 Å². The Morgan fingerprint density at radius 2 is 1.90 bits per heavy atom. The molecule has 1 aromatic carbocycles. The van der Waals surface area contributed by atoms with Crippen LogP contribution in [0, 0.1) is 5.92 Å². The van der Waals surface area contributed by atoms with Crippen LogP contribution in [0.15, 0.2) is 24.3 Å². The molecule has 0 radical (unpaired) electrons. The Kier molecular flexibility index (Phi) is 4.30. The van der Waals surface area contributed by atoms with Crippen LogP contribution in [0.5, 0.6) is 5.75 Å². The Labute approximate surface area is 122 Å². The molecule has 1 aliphatic heterocycles. The molecule has 3 rings (SSSR count). The van der Waals surface area contributed by atoms with Crippen LogP contribution >= 0.6 is 0 Å². The van der Waals surface area contributed by atoms with Gasteiger partial charge in [-0.05, 0) is 50.6 Å². The molecule has 2 unspecified atom stereocenters. The van der Waals surface area contributed by atoms with Crippen molar-refractivity contribution in [2.75, 3.05) is 6.54 Å². The second-order valence-corrected chi connectivity index (χ2v) is 6.47. The third-order valence-corrected chi connectivity index (χ3v) is 5.37. The van der Waals surface area contributed by atoms with Gasteiger partial charge in [-0.3, -0.25) is 4.90 Å². The van der Waals surface area contributed by atoms with Crippen molar-refractivity contribution in [1.29, 1.82) is 0 Å². The minimum atomic E-state index is 0.393. The fourth-order valence-electron chi connectivity index (χ4n) is 4.45. The van der Waals surface area contributed by atoms with Gasteiger partial charge in [0.05, 0.1) is 0 Å². The van der Waals surface area contributed by atoms with E-state index in [1.165, 1.54) is 45.1 Å². The van der Waals surface area contributed by atoms with E-state index < -0.39 is 0 Å². The largest absolute Gasteiger partial charge is 0.508 e. The molecular formula is C18H27NO. The van der Waals surface area contributed by atoms with Crippen molar-refractivity contribution in [3.63, 3.8) is 0 Å². The van der Waals surface area contributed by atoms with E-state index >= 15 is 0 Å². The van der Waals surface area contributed by atoms with Crippen molar-refractivity contribution in [1.82, 2.24) is 4.90 Å². The lowest BCUT2D eigenvalue weighted by atomic mass is 9.93. The Bertz CT molecular complexity index is 439. The minimum absolute atomic E-state index is 0.393. The van der Waals surface area contributed by atoms with Crippen molar-refractivity contribution in [3.05, 3.63) is 29.8 Å². The highest BCUT2D eigenvalue weighted by atomic mass is 16.3. The molecule has 2 fully saturated rings. The van der Waals surface area contributed by atoms with Gasteiger partial charge in [0.2, 0.25) is 0 Å². The molecule has 0 bridgehead atoms. The van der Waals surface area contributed by atoms with Crippen LogP contribution in [0.25, 0.3) is 0 Å². The van der Waals surface area contributed by atoms with Gasteiger partial charge in [-0.1, -0.05) is 38.0 Å². The molecule has 1 aliphatic carbocycles. The quantitative estimate of drug-likeness (QED) is 0.873. The highest BCUT2D eigenvalue weighted by molar-refractivity contribution is 5.34. The van der Waals surface area contributed by atoms with Gasteiger partial charge < -0.3 is 5.11 Å². The molecule has 1 aromatic rings. The van der Waals surface area contributed by atoms with Crippen LogP contribution in [0.1, 0.15) is 63.5 Å². The first-order valence-electron chi connectivity index (χ1n) is 8.35. The van der Waals surface area contributed by atoms with Crippen molar-refractivity contribution >= 4 is 0 Å². The third kappa shape index (κ3) is 2.58. The molecule has 0 aromatic heterocycles. The van der Waals surface area contributed by atoms with E-state index in [4.69, 9.17) is 0 Å².